The molecule has 112 valence electrons. The Bertz CT molecular complexity index is 613. The standard InChI is InChI=1S/C14H17N3O3S/c1-14(2,11(15)13(18)19)21-8-10-16-12(20-17-10)9-6-4-3-5-7-9/h3-7,11H,8,15H2,1-2H3,(H,18,19)/t11-/m0/s1. The van der Waals surface area contributed by atoms with Crippen LogP contribution < -0.4 is 5.73 Å². The van der Waals surface area contributed by atoms with Gasteiger partial charge in [0.15, 0.2) is 5.82 Å². The highest BCUT2D eigenvalue weighted by Gasteiger charge is 2.33. The smallest absolute Gasteiger partial charge is 0.321 e. The van der Waals surface area contributed by atoms with E-state index in [2.05, 4.69) is 10.1 Å². The predicted octanol–water partition coefficient (Wildman–Crippen LogP) is 2.16. The second-order valence-electron chi connectivity index (χ2n) is 5.09. The molecule has 1 aromatic heterocycles. The van der Waals surface area contributed by atoms with Gasteiger partial charge >= 0.3 is 5.97 Å². The van der Waals surface area contributed by atoms with Gasteiger partial charge in [0.25, 0.3) is 5.89 Å². The van der Waals surface area contributed by atoms with Gasteiger partial charge in [-0.1, -0.05) is 23.4 Å². The molecule has 3 N–H and O–H groups in total. The van der Waals surface area contributed by atoms with Crippen molar-refractivity contribution in [3.05, 3.63) is 36.2 Å². The van der Waals surface area contributed by atoms with E-state index in [-0.39, 0.29) is 0 Å². The summed E-state index contributed by atoms with van der Waals surface area (Å²) in [6.45, 7) is 3.57. The molecule has 2 rings (SSSR count). The first-order valence-electron chi connectivity index (χ1n) is 6.40. The Kier molecular flexibility index (Phi) is 4.64. The van der Waals surface area contributed by atoms with Crippen LogP contribution in [0.1, 0.15) is 19.7 Å². The average molecular weight is 307 g/mol. The number of nitrogens with zero attached hydrogens (tertiary/aromatic N) is 2. The number of carboxylic acids is 1. The Morgan fingerprint density at radius 3 is 2.71 bits per heavy atom. The first-order chi connectivity index (χ1) is 9.90. The third kappa shape index (κ3) is 3.83. The number of rotatable bonds is 6. The molecular formula is C14H17N3O3S. The lowest BCUT2D eigenvalue weighted by Gasteiger charge is -2.27. The Morgan fingerprint density at radius 1 is 1.43 bits per heavy atom. The summed E-state index contributed by atoms with van der Waals surface area (Å²) in [5, 5.41) is 12.9. The number of aliphatic carboxylic acids is 1. The molecule has 0 saturated carbocycles. The van der Waals surface area contributed by atoms with Crippen LogP contribution >= 0.6 is 11.8 Å². The summed E-state index contributed by atoms with van der Waals surface area (Å²) in [5.74, 6) is 0.381. The Balaban J connectivity index is 2.02. The lowest BCUT2D eigenvalue weighted by molar-refractivity contribution is -0.139. The Hall–Kier alpha value is -1.86. The molecule has 0 bridgehead atoms. The molecule has 1 atom stereocenters. The zero-order chi connectivity index (χ0) is 15.5. The molecule has 1 heterocycles. The SMILES string of the molecule is CC(C)(SCc1noc(-c2ccccc2)n1)[C@@H](N)C(=O)O. The van der Waals surface area contributed by atoms with Crippen molar-refractivity contribution in [1.29, 1.82) is 0 Å². The van der Waals surface area contributed by atoms with Crippen LogP contribution in [0, 0.1) is 0 Å². The van der Waals surface area contributed by atoms with Crippen molar-refractivity contribution in [3.8, 4) is 11.5 Å². The maximum atomic E-state index is 11.0. The van der Waals surface area contributed by atoms with E-state index in [0.29, 0.717) is 17.5 Å². The van der Waals surface area contributed by atoms with Crippen LogP contribution in [-0.4, -0.2) is 32.0 Å². The van der Waals surface area contributed by atoms with Crippen molar-refractivity contribution in [3.63, 3.8) is 0 Å². The minimum atomic E-state index is -1.02. The van der Waals surface area contributed by atoms with Crippen molar-refractivity contribution in [2.24, 2.45) is 5.73 Å². The number of nitrogens with two attached hydrogens (primary N) is 1. The normalized spacial score (nSPS) is 13.1. The van der Waals surface area contributed by atoms with E-state index in [1.807, 2.05) is 30.3 Å². The van der Waals surface area contributed by atoms with Gasteiger partial charge in [0.2, 0.25) is 0 Å². The van der Waals surface area contributed by atoms with Gasteiger partial charge in [0.1, 0.15) is 6.04 Å². The molecule has 0 unspecified atom stereocenters. The highest BCUT2D eigenvalue weighted by Crippen LogP contribution is 2.30. The first kappa shape index (κ1) is 15.5. The van der Waals surface area contributed by atoms with Crippen molar-refractivity contribution in [2.75, 3.05) is 0 Å². The van der Waals surface area contributed by atoms with E-state index in [4.69, 9.17) is 15.4 Å². The Labute approximate surface area is 126 Å². The van der Waals surface area contributed by atoms with Crippen LogP contribution in [0.2, 0.25) is 0 Å². The monoisotopic (exact) mass is 307 g/mol. The first-order valence-corrected chi connectivity index (χ1v) is 7.39. The molecule has 0 radical (unpaired) electrons. The predicted molar refractivity (Wildman–Crippen MR) is 80.7 cm³/mol. The molecule has 0 aliphatic carbocycles. The molecule has 21 heavy (non-hydrogen) atoms. The topological polar surface area (TPSA) is 102 Å². The van der Waals surface area contributed by atoms with Gasteiger partial charge in [-0.2, -0.15) is 4.98 Å². The molecule has 0 aliphatic heterocycles. The van der Waals surface area contributed by atoms with Crippen LogP contribution in [0.15, 0.2) is 34.9 Å². The summed E-state index contributed by atoms with van der Waals surface area (Å²) in [5.41, 5.74) is 6.52. The van der Waals surface area contributed by atoms with Crippen LogP contribution in [0.5, 0.6) is 0 Å². The zero-order valence-corrected chi connectivity index (χ0v) is 12.6. The molecule has 7 heteroatoms. The molecule has 1 aromatic carbocycles. The minimum absolute atomic E-state index is 0.435. The summed E-state index contributed by atoms with van der Waals surface area (Å²) in [6.07, 6.45) is 0. The fourth-order valence-electron chi connectivity index (χ4n) is 1.65. The zero-order valence-electron chi connectivity index (χ0n) is 11.8. The fraction of sp³-hybridized carbons (Fsp3) is 0.357. The van der Waals surface area contributed by atoms with E-state index < -0.39 is 16.8 Å². The second kappa shape index (κ2) is 6.28. The average Bonchev–Trinajstić information content (AvgIpc) is 2.94. The number of benzene rings is 1. The lowest BCUT2D eigenvalue weighted by atomic mass is 10.1. The minimum Gasteiger partial charge on any atom is -0.480 e. The summed E-state index contributed by atoms with van der Waals surface area (Å²) >= 11 is 1.39. The summed E-state index contributed by atoms with van der Waals surface area (Å²) in [7, 11) is 0. The Morgan fingerprint density at radius 2 is 2.10 bits per heavy atom. The molecule has 0 saturated heterocycles. The summed E-state index contributed by atoms with van der Waals surface area (Å²) in [4.78, 5) is 15.3. The van der Waals surface area contributed by atoms with Crippen molar-refractivity contribution < 1.29 is 14.4 Å². The van der Waals surface area contributed by atoms with Gasteiger partial charge in [0.05, 0.1) is 5.75 Å². The fourth-order valence-corrected chi connectivity index (χ4v) is 2.55. The summed E-state index contributed by atoms with van der Waals surface area (Å²) in [6, 6.07) is 8.50. The van der Waals surface area contributed by atoms with Gasteiger partial charge in [-0.05, 0) is 26.0 Å². The molecule has 0 aliphatic rings. The molecule has 0 amide bonds. The highest BCUT2D eigenvalue weighted by molar-refractivity contribution is 7.99. The van der Waals surface area contributed by atoms with E-state index in [1.165, 1.54) is 11.8 Å². The van der Waals surface area contributed by atoms with Crippen molar-refractivity contribution >= 4 is 17.7 Å². The number of carbonyl (C=O) groups is 1. The maximum Gasteiger partial charge on any atom is 0.321 e. The molecular weight excluding hydrogens is 290 g/mol. The largest absolute Gasteiger partial charge is 0.480 e. The summed E-state index contributed by atoms with van der Waals surface area (Å²) < 4.78 is 4.58. The van der Waals surface area contributed by atoms with E-state index in [0.717, 1.165) is 5.56 Å². The number of aromatic nitrogens is 2. The molecule has 2 aromatic rings. The maximum absolute atomic E-state index is 11.0. The van der Waals surface area contributed by atoms with E-state index >= 15 is 0 Å². The number of thioether (sulfide) groups is 1. The van der Waals surface area contributed by atoms with E-state index in [9.17, 15) is 4.79 Å². The molecule has 6 nitrogen and oxygen atoms in total. The van der Waals surface area contributed by atoms with Crippen LogP contribution in [0.4, 0.5) is 0 Å². The third-order valence-corrected chi connectivity index (χ3v) is 4.48. The second-order valence-corrected chi connectivity index (χ2v) is 6.72. The number of carboxylic acid groups (broad SMARTS) is 1. The van der Waals surface area contributed by atoms with Crippen LogP contribution in [0.25, 0.3) is 11.5 Å². The number of hydrogen-bond acceptors (Lipinski definition) is 6. The van der Waals surface area contributed by atoms with Crippen molar-refractivity contribution in [2.45, 2.75) is 30.4 Å². The van der Waals surface area contributed by atoms with Gasteiger partial charge in [0, 0.05) is 10.3 Å². The third-order valence-electron chi connectivity index (χ3n) is 3.08. The molecule has 0 spiro atoms. The van der Waals surface area contributed by atoms with Gasteiger partial charge in [-0.15, -0.1) is 11.8 Å². The van der Waals surface area contributed by atoms with Crippen molar-refractivity contribution in [1.82, 2.24) is 10.1 Å². The lowest BCUT2D eigenvalue weighted by Crippen LogP contribution is -2.46. The molecule has 0 fully saturated rings. The van der Waals surface area contributed by atoms with Gasteiger partial charge < -0.3 is 15.4 Å². The van der Waals surface area contributed by atoms with Crippen LogP contribution in [0.3, 0.4) is 0 Å². The van der Waals surface area contributed by atoms with Gasteiger partial charge in [-0.3, -0.25) is 4.79 Å². The van der Waals surface area contributed by atoms with Crippen LogP contribution in [-0.2, 0) is 10.5 Å². The van der Waals surface area contributed by atoms with E-state index in [1.54, 1.807) is 13.8 Å². The van der Waals surface area contributed by atoms with Gasteiger partial charge in [-0.25, -0.2) is 0 Å². The quantitative estimate of drug-likeness (QED) is 0.843. The number of hydrogen-bond donors (Lipinski definition) is 2. The highest BCUT2D eigenvalue weighted by atomic mass is 32.2.